The van der Waals surface area contributed by atoms with Crippen molar-refractivity contribution < 1.29 is 26.0 Å². The monoisotopic (exact) mass is 493 g/mol. The van der Waals surface area contributed by atoms with Gasteiger partial charge in [0, 0.05) is 35.7 Å². The molecule has 0 aliphatic carbocycles. The Morgan fingerprint density at radius 1 is 1.15 bits per heavy atom. The molecule has 2 heterocycles. The minimum atomic E-state index is -4.09. The molecule has 1 aromatic heterocycles. The van der Waals surface area contributed by atoms with Gasteiger partial charge < -0.3 is 9.88 Å². The minimum Gasteiger partial charge on any atom is -0.338 e. The first-order valence-corrected chi connectivity index (χ1v) is 13.2. The number of benzene rings is 2. The number of pyridine rings is 1. The van der Waals surface area contributed by atoms with Gasteiger partial charge in [-0.15, -0.1) is 0 Å². The Kier molecular flexibility index (Phi) is 5.74. The maximum absolute atomic E-state index is 13.2. The number of anilines is 1. The number of hydrogen-bond donors (Lipinski definition) is 2. The van der Waals surface area contributed by atoms with Crippen LogP contribution in [-0.4, -0.2) is 57.2 Å². The molecule has 2 N–H and O–H groups in total. The molecule has 0 saturated carbocycles. The van der Waals surface area contributed by atoms with Crippen LogP contribution in [0.3, 0.4) is 0 Å². The number of H-pyrrole nitrogens is 1. The van der Waals surface area contributed by atoms with Gasteiger partial charge in [-0.1, -0.05) is 0 Å². The van der Waals surface area contributed by atoms with E-state index in [0.29, 0.717) is 0 Å². The van der Waals surface area contributed by atoms with Crippen LogP contribution in [0.4, 0.5) is 10.1 Å². The molecule has 174 valence electrons. The molecule has 1 amide bonds. The molecule has 4 rings (SSSR count). The van der Waals surface area contributed by atoms with E-state index in [1.807, 2.05) is 0 Å². The van der Waals surface area contributed by atoms with Gasteiger partial charge >= 0.3 is 0 Å². The summed E-state index contributed by atoms with van der Waals surface area (Å²) in [5.74, 6) is -1.30. The lowest BCUT2D eigenvalue weighted by molar-refractivity contribution is 0.0749. The van der Waals surface area contributed by atoms with Crippen molar-refractivity contribution >= 4 is 42.4 Å². The zero-order valence-corrected chi connectivity index (χ0v) is 19.0. The number of aromatic nitrogens is 1. The van der Waals surface area contributed by atoms with Crippen LogP contribution in [0.5, 0.6) is 0 Å². The minimum absolute atomic E-state index is 0.0249. The third-order valence-corrected chi connectivity index (χ3v) is 8.66. The highest BCUT2D eigenvalue weighted by Gasteiger charge is 2.33. The lowest BCUT2D eigenvalue weighted by atomic mass is 10.1. The predicted octanol–water partition coefficient (Wildman–Crippen LogP) is 1.73. The Labute approximate surface area is 189 Å². The van der Waals surface area contributed by atoms with Crippen molar-refractivity contribution in [2.75, 3.05) is 23.3 Å². The Morgan fingerprint density at radius 3 is 2.48 bits per heavy atom. The van der Waals surface area contributed by atoms with Crippen LogP contribution in [0.15, 0.2) is 58.2 Å². The average molecular weight is 494 g/mol. The second kappa shape index (κ2) is 8.27. The van der Waals surface area contributed by atoms with E-state index in [1.165, 1.54) is 42.3 Å². The van der Waals surface area contributed by atoms with Gasteiger partial charge in [0.15, 0.2) is 9.84 Å². The van der Waals surface area contributed by atoms with Crippen LogP contribution < -0.4 is 10.3 Å². The van der Waals surface area contributed by atoms with Crippen LogP contribution in [0, 0.1) is 5.82 Å². The van der Waals surface area contributed by atoms with Gasteiger partial charge in [-0.25, -0.2) is 21.2 Å². The highest BCUT2D eigenvalue weighted by molar-refractivity contribution is 7.92. The normalized spacial score (nSPS) is 17.7. The van der Waals surface area contributed by atoms with E-state index in [9.17, 15) is 30.8 Å². The summed E-state index contributed by atoms with van der Waals surface area (Å²) in [6.45, 7) is 0. The lowest BCUT2D eigenvalue weighted by Gasteiger charge is -2.24. The number of hydrogen-bond acceptors (Lipinski definition) is 6. The van der Waals surface area contributed by atoms with Crippen molar-refractivity contribution in [1.29, 1.82) is 0 Å². The topological polar surface area (TPSA) is 133 Å². The van der Waals surface area contributed by atoms with Gasteiger partial charge in [0.25, 0.3) is 15.9 Å². The molecule has 1 aliphatic heterocycles. The van der Waals surface area contributed by atoms with Gasteiger partial charge in [0.2, 0.25) is 5.56 Å². The zero-order chi connectivity index (χ0) is 24.0. The molecule has 2 aromatic carbocycles. The first-order valence-electron chi connectivity index (χ1n) is 9.88. The van der Waals surface area contributed by atoms with Crippen molar-refractivity contribution in [1.82, 2.24) is 9.88 Å². The molecule has 0 radical (unpaired) electrons. The molecule has 0 spiro atoms. The molecule has 0 bridgehead atoms. The second-order valence-electron chi connectivity index (χ2n) is 7.84. The molecule has 12 heteroatoms. The number of carbonyl (C=O) groups excluding carboxylic acids is 1. The lowest BCUT2D eigenvalue weighted by Crippen LogP contribution is -2.38. The fourth-order valence-electron chi connectivity index (χ4n) is 3.75. The summed E-state index contributed by atoms with van der Waals surface area (Å²) in [6, 6.07) is 9.17. The van der Waals surface area contributed by atoms with E-state index < -0.39 is 43.2 Å². The van der Waals surface area contributed by atoms with Crippen LogP contribution >= 0.6 is 0 Å². The molecule has 33 heavy (non-hydrogen) atoms. The number of sulfone groups is 1. The Bertz CT molecular complexity index is 1520. The standard InChI is InChI=1S/C21H20FN3O6S2/c1-25(15-8-9-32(28,29)12-15)21(27)18-11-20(26)23-19-7-6-16(10-17(18)19)33(30,31)24-14-4-2-13(22)3-5-14/h2-7,10-11,15,24H,8-9,12H2,1H3,(H,23,26)/t15-/m1/s1. The van der Waals surface area contributed by atoms with E-state index in [1.54, 1.807) is 0 Å². The molecular weight excluding hydrogens is 473 g/mol. The molecule has 1 saturated heterocycles. The summed E-state index contributed by atoms with van der Waals surface area (Å²) < 4.78 is 64.8. The van der Waals surface area contributed by atoms with Gasteiger partial charge in [0.05, 0.1) is 22.0 Å². The van der Waals surface area contributed by atoms with Crippen molar-refractivity contribution in [2.45, 2.75) is 17.4 Å². The van der Waals surface area contributed by atoms with E-state index >= 15 is 0 Å². The van der Waals surface area contributed by atoms with E-state index in [4.69, 9.17) is 0 Å². The first kappa shape index (κ1) is 22.9. The Hall–Kier alpha value is -3.25. The average Bonchev–Trinajstić information content (AvgIpc) is 3.12. The van der Waals surface area contributed by atoms with Gasteiger partial charge in [0.1, 0.15) is 5.82 Å². The van der Waals surface area contributed by atoms with Crippen molar-refractivity contribution in [3.63, 3.8) is 0 Å². The van der Waals surface area contributed by atoms with Crippen molar-refractivity contribution in [3.8, 4) is 0 Å². The number of nitrogens with one attached hydrogen (secondary N) is 2. The van der Waals surface area contributed by atoms with Crippen molar-refractivity contribution in [2.24, 2.45) is 0 Å². The fraction of sp³-hybridized carbons (Fsp3) is 0.238. The third-order valence-electron chi connectivity index (χ3n) is 5.53. The molecular formula is C21H20FN3O6S2. The smallest absolute Gasteiger partial charge is 0.261 e. The highest BCUT2D eigenvalue weighted by atomic mass is 32.2. The van der Waals surface area contributed by atoms with Crippen LogP contribution in [0.25, 0.3) is 10.9 Å². The fourth-order valence-corrected chi connectivity index (χ4v) is 6.60. The molecule has 1 aliphatic rings. The maximum Gasteiger partial charge on any atom is 0.261 e. The predicted molar refractivity (Wildman–Crippen MR) is 121 cm³/mol. The molecule has 3 aromatic rings. The van der Waals surface area contributed by atoms with Crippen LogP contribution in [-0.2, 0) is 19.9 Å². The SMILES string of the molecule is CN(C(=O)c1cc(=O)[nH]c2ccc(S(=O)(=O)Nc3ccc(F)cc3)cc12)[C@@H]1CCS(=O)(=O)C1. The number of carbonyl (C=O) groups is 1. The largest absolute Gasteiger partial charge is 0.338 e. The molecule has 0 unspecified atom stereocenters. The van der Waals surface area contributed by atoms with Crippen LogP contribution in [0.2, 0.25) is 0 Å². The van der Waals surface area contributed by atoms with Gasteiger partial charge in [-0.05, 0) is 48.9 Å². The van der Waals surface area contributed by atoms with E-state index in [-0.39, 0.29) is 45.0 Å². The Balaban J connectivity index is 1.73. The quantitative estimate of drug-likeness (QED) is 0.556. The molecule has 1 atom stereocenters. The van der Waals surface area contributed by atoms with E-state index in [0.717, 1.165) is 18.2 Å². The number of halogens is 1. The maximum atomic E-state index is 13.2. The number of nitrogens with zero attached hydrogens (tertiary/aromatic N) is 1. The highest BCUT2D eigenvalue weighted by Crippen LogP contribution is 2.25. The summed E-state index contributed by atoms with van der Waals surface area (Å²) in [7, 11) is -5.87. The summed E-state index contributed by atoms with van der Waals surface area (Å²) in [5.41, 5.74) is -0.201. The summed E-state index contributed by atoms with van der Waals surface area (Å²) in [4.78, 5) is 29.0. The third kappa shape index (κ3) is 4.76. The second-order valence-corrected chi connectivity index (χ2v) is 11.8. The van der Waals surface area contributed by atoms with Gasteiger partial charge in [-0.3, -0.25) is 14.3 Å². The van der Waals surface area contributed by atoms with Crippen LogP contribution in [0.1, 0.15) is 16.8 Å². The number of fused-ring (bicyclic) bond motifs is 1. The number of aromatic amines is 1. The van der Waals surface area contributed by atoms with Crippen molar-refractivity contribution in [3.05, 3.63) is 70.3 Å². The zero-order valence-electron chi connectivity index (χ0n) is 17.4. The molecule has 9 nitrogen and oxygen atoms in total. The summed E-state index contributed by atoms with van der Waals surface area (Å²) in [5, 5.41) is 0.189. The summed E-state index contributed by atoms with van der Waals surface area (Å²) in [6.07, 6.45) is 0.285. The van der Waals surface area contributed by atoms with E-state index in [2.05, 4.69) is 9.71 Å². The summed E-state index contributed by atoms with van der Waals surface area (Å²) >= 11 is 0. The number of rotatable bonds is 5. The Morgan fingerprint density at radius 2 is 1.85 bits per heavy atom. The first-order chi connectivity index (χ1) is 15.4. The van der Waals surface area contributed by atoms with Gasteiger partial charge in [-0.2, -0.15) is 0 Å². The molecule has 1 fully saturated rings. The number of amides is 1. The number of sulfonamides is 1.